The lowest BCUT2D eigenvalue weighted by Gasteiger charge is -2.60. The van der Waals surface area contributed by atoms with Crippen molar-refractivity contribution in [1.82, 2.24) is 0 Å². The first-order valence-corrected chi connectivity index (χ1v) is 13.7. The molecule has 0 aromatic rings. The Morgan fingerprint density at radius 1 is 1.03 bits per heavy atom. The molecule has 2 heterocycles. The molecule has 3 N–H and O–H groups in total. The van der Waals surface area contributed by atoms with Crippen LogP contribution < -0.4 is 0 Å². The van der Waals surface area contributed by atoms with Crippen LogP contribution in [0.5, 0.6) is 0 Å². The summed E-state index contributed by atoms with van der Waals surface area (Å²) in [5.74, 6) is -0.0884. The lowest BCUT2D eigenvalue weighted by Crippen LogP contribution is -2.64. The molecule has 1 saturated heterocycles. The van der Waals surface area contributed by atoms with Crippen LogP contribution in [-0.4, -0.2) is 64.2 Å². The highest BCUT2D eigenvalue weighted by Crippen LogP contribution is 2.66. The number of carbonyl (C=O) groups is 1. The number of hydrogen-bond donors (Lipinski definition) is 3. The molecule has 0 spiro atoms. The maximum atomic E-state index is 12.2. The van der Waals surface area contributed by atoms with E-state index in [4.69, 9.17) is 14.2 Å². The van der Waals surface area contributed by atoms with Gasteiger partial charge in [-0.25, -0.2) is 4.79 Å². The Labute approximate surface area is 209 Å². The molecule has 5 aliphatic rings. The van der Waals surface area contributed by atoms with Crippen molar-refractivity contribution in [3.05, 3.63) is 11.6 Å². The minimum atomic E-state index is -0.976. The second kappa shape index (κ2) is 9.09. The van der Waals surface area contributed by atoms with Gasteiger partial charge in [0.05, 0.1) is 30.0 Å². The second-order valence-corrected chi connectivity index (χ2v) is 12.7. The molecule has 7 nitrogen and oxygen atoms in total. The van der Waals surface area contributed by atoms with Crippen LogP contribution in [0.4, 0.5) is 0 Å². The van der Waals surface area contributed by atoms with E-state index in [0.717, 1.165) is 44.1 Å². The second-order valence-electron chi connectivity index (χ2n) is 12.7. The highest BCUT2D eigenvalue weighted by molar-refractivity contribution is 5.85. The van der Waals surface area contributed by atoms with Crippen molar-refractivity contribution in [3.63, 3.8) is 0 Å². The van der Waals surface area contributed by atoms with Crippen LogP contribution in [0.2, 0.25) is 0 Å². The van der Waals surface area contributed by atoms with Gasteiger partial charge in [0.2, 0.25) is 0 Å². The number of fused-ring (bicyclic) bond motifs is 1. The number of ether oxygens (including phenoxy) is 3. The number of hydrogen-bond acceptors (Lipinski definition) is 7. The van der Waals surface area contributed by atoms with Crippen LogP contribution in [0.25, 0.3) is 0 Å². The summed E-state index contributed by atoms with van der Waals surface area (Å²) in [5, 5.41) is 33.6. The largest absolute Gasteiger partial charge is 0.458 e. The molecule has 0 bridgehead atoms. The summed E-state index contributed by atoms with van der Waals surface area (Å²) in [6.45, 7) is 8.71. The van der Waals surface area contributed by atoms with Crippen LogP contribution in [0.15, 0.2) is 11.6 Å². The predicted molar refractivity (Wildman–Crippen MR) is 129 cm³/mol. The quantitative estimate of drug-likeness (QED) is 0.516. The van der Waals surface area contributed by atoms with Crippen LogP contribution in [0.3, 0.4) is 0 Å². The molecule has 9 atom stereocenters. The highest BCUT2D eigenvalue weighted by Gasteiger charge is 2.68. The lowest BCUT2D eigenvalue weighted by molar-refractivity contribution is -0.245. The molecule has 3 aliphatic carbocycles. The topological polar surface area (TPSA) is 105 Å². The van der Waals surface area contributed by atoms with Gasteiger partial charge in [0.15, 0.2) is 6.29 Å². The monoisotopic (exact) mass is 492 g/mol. The minimum Gasteiger partial charge on any atom is -0.458 e. The van der Waals surface area contributed by atoms with Crippen LogP contribution in [0.1, 0.15) is 85.5 Å². The number of aliphatic hydroxyl groups is 3. The molecule has 0 aromatic heterocycles. The zero-order valence-corrected chi connectivity index (χ0v) is 21.7. The standard InChI is InChI=1S/C28H44O7/c1-16-21(26(3)10-7-19(8-11-26)35-25-6-5-22(29)17(2)34-25)14-23(30)27(4)20(9-12-28(16,27)32)18-13-24(31)33-15-18/h13,16-17,19-23,25,29-30,32H,5-12,14-15H2,1-4H3/t16-,17?,19?,20-,21?,22-,23?,25?,26?,27?,28+/m1/s1. The first-order valence-electron chi connectivity index (χ1n) is 13.7. The Balaban J connectivity index is 1.26. The number of carbonyl (C=O) groups excluding carboxylic acids is 1. The third kappa shape index (κ3) is 4.10. The number of esters is 1. The fraction of sp³-hybridized carbons (Fsp3) is 0.893. The zero-order chi connectivity index (χ0) is 25.2. The van der Waals surface area contributed by atoms with Gasteiger partial charge in [-0.05, 0) is 87.0 Å². The molecule has 5 rings (SSSR count). The third-order valence-corrected chi connectivity index (χ3v) is 11.0. The van der Waals surface area contributed by atoms with E-state index in [0.29, 0.717) is 19.3 Å². The molecular weight excluding hydrogens is 448 g/mol. The van der Waals surface area contributed by atoms with Crippen molar-refractivity contribution in [2.24, 2.45) is 28.6 Å². The Kier molecular flexibility index (Phi) is 6.66. The van der Waals surface area contributed by atoms with Crippen LogP contribution in [-0.2, 0) is 19.0 Å². The SMILES string of the molecule is CC1OC(OC2CCC(C)(C3CC(O)C4(C)[C@@H](C5=CC(=O)OC5)CC[C@]4(O)[C@@H]3C)CC2)CC[C@H]1O. The van der Waals surface area contributed by atoms with E-state index in [-0.39, 0.29) is 54.2 Å². The maximum absolute atomic E-state index is 12.2. The zero-order valence-electron chi connectivity index (χ0n) is 21.7. The van der Waals surface area contributed by atoms with Crippen molar-refractivity contribution in [3.8, 4) is 0 Å². The van der Waals surface area contributed by atoms with Gasteiger partial charge in [-0.15, -0.1) is 0 Å². The molecule has 4 fully saturated rings. The summed E-state index contributed by atoms with van der Waals surface area (Å²) in [4.78, 5) is 11.7. The van der Waals surface area contributed by atoms with Crippen molar-refractivity contribution < 1.29 is 34.3 Å². The molecule has 7 heteroatoms. The molecule has 35 heavy (non-hydrogen) atoms. The summed E-state index contributed by atoms with van der Waals surface area (Å²) >= 11 is 0. The van der Waals surface area contributed by atoms with Crippen molar-refractivity contribution in [2.75, 3.05) is 6.61 Å². The summed E-state index contributed by atoms with van der Waals surface area (Å²) in [7, 11) is 0. The molecule has 3 saturated carbocycles. The average molecular weight is 493 g/mol. The van der Waals surface area contributed by atoms with E-state index in [9.17, 15) is 20.1 Å². The number of cyclic esters (lactones) is 1. The molecule has 0 aromatic carbocycles. The van der Waals surface area contributed by atoms with Gasteiger partial charge in [0.25, 0.3) is 0 Å². The Morgan fingerprint density at radius 2 is 1.74 bits per heavy atom. The normalized spacial score (nSPS) is 52.7. The van der Waals surface area contributed by atoms with E-state index in [1.807, 2.05) is 13.8 Å². The van der Waals surface area contributed by atoms with E-state index in [1.54, 1.807) is 6.08 Å². The Bertz CT molecular complexity index is 848. The fourth-order valence-electron chi connectivity index (χ4n) is 8.56. The van der Waals surface area contributed by atoms with Crippen molar-refractivity contribution in [1.29, 1.82) is 0 Å². The van der Waals surface area contributed by atoms with Gasteiger partial charge in [0.1, 0.15) is 6.61 Å². The minimum absolute atomic E-state index is 0.0258. The van der Waals surface area contributed by atoms with Gasteiger partial charge in [-0.1, -0.05) is 20.8 Å². The molecule has 0 amide bonds. The predicted octanol–water partition coefficient (Wildman–Crippen LogP) is 3.49. The Morgan fingerprint density at radius 3 is 2.37 bits per heavy atom. The lowest BCUT2D eigenvalue weighted by atomic mass is 9.48. The summed E-state index contributed by atoms with van der Waals surface area (Å²) in [5.41, 5.74) is -0.707. The number of rotatable bonds is 4. The first kappa shape index (κ1) is 25.7. The van der Waals surface area contributed by atoms with Crippen LogP contribution >= 0.6 is 0 Å². The maximum Gasteiger partial charge on any atom is 0.331 e. The molecule has 5 unspecified atom stereocenters. The van der Waals surface area contributed by atoms with Crippen molar-refractivity contribution in [2.45, 2.75) is 122 Å². The van der Waals surface area contributed by atoms with Crippen LogP contribution in [0, 0.1) is 28.6 Å². The molecule has 198 valence electrons. The van der Waals surface area contributed by atoms with Gasteiger partial charge in [0, 0.05) is 17.9 Å². The smallest absolute Gasteiger partial charge is 0.331 e. The first-order chi connectivity index (χ1) is 16.5. The summed E-state index contributed by atoms with van der Waals surface area (Å²) in [6, 6.07) is 0. The van der Waals surface area contributed by atoms with Gasteiger partial charge in [-0.2, -0.15) is 0 Å². The van der Waals surface area contributed by atoms with E-state index in [1.165, 1.54) is 0 Å². The fourth-order valence-corrected chi connectivity index (χ4v) is 8.56. The molecule has 0 radical (unpaired) electrons. The molecular formula is C28H44O7. The van der Waals surface area contributed by atoms with Gasteiger partial charge in [-0.3, -0.25) is 0 Å². The van der Waals surface area contributed by atoms with E-state index in [2.05, 4.69) is 13.8 Å². The van der Waals surface area contributed by atoms with Crippen molar-refractivity contribution >= 4 is 5.97 Å². The average Bonchev–Trinajstić information content (AvgIpc) is 3.37. The number of aliphatic hydroxyl groups excluding tert-OH is 2. The Hall–Kier alpha value is -0.990. The third-order valence-electron chi connectivity index (χ3n) is 11.0. The van der Waals surface area contributed by atoms with Gasteiger partial charge >= 0.3 is 5.97 Å². The van der Waals surface area contributed by atoms with E-state index < -0.39 is 23.2 Å². The van der Waals surface area contributed by atoms with Gasteiger partial charge < -0.3 is 29.5 Å². The highest BCUT2D eigenvalue weighted by atomic mass is 16.7. The molecule has 2 aliphatic heterocycles. The summed E-state index contributed by atoms with van der Waals surface area (Å²) in [6.07, 6.45) is 7.63. The van der Waals surface area contributed by atoms with E-state index >= 15 is 0 Å². The summed E-state index contributed by atoms with van der Waals surface area (Å²) < 4.78 is 17.3.